The van der Waals surface area contributed by atoms with Gasteiger partial charge in [-0.3, -0.25) is 9.59 Å². The van der Waals surface area contributed by atoms with Crippen LogP contribution in [-0.2, 0) is 0 Å². The van der Waals surface area contributed by atoms with Gasteiger partial charge in [-0.1, -0.05) is 18.2 Å². The van der Waals surface area contributed by atoms with E-state index in [1.54, 1.807) is 12.1 Å². The molecule has 0 radical (unpaired) electrons. The zero-order valence-electron chi connectivity index (χ0n) is 6.78. The predicted octanol–water partition coefficient (Wildman–Crippen LogP) is 1.34. The minimum atomic E-state index is -0.339. The SMILES string of the molecule is O=Cc1cc2ccccc2[nH]c1=O. The summed E-state index contributed by atoms with van der Waals surface area (Å²) in [6.07, 6.45) is 0.561. The van der Waals surface area contributed by atoms with Crippen LogP contribution in [0.2, 0.25) is 0 Å². The van der Waals surface area contributed by atoms with Gasteiger partial charge in [-0.25, -0.2) is 0 Å². The van der Waals surface area contributed by atoms with Gasteiger partial charge in [0.05, 0.1) is 5.56 Å². The van der Waals surface area contributed by atoms with E-state index in [0.717, 1.165) is 10.9 Å². The molecule has 1 aromatic heterocycles. The van der Waals surface area contributed by atoms with E-state index in [2.05, 4.69) is 4.98 Å². The highest BCUT2D eigenvalue weighted by Gasteiger charge is 1.99. The number of hydrogen-bond acceptors (Lipinski definition) is 2. The van der Waals surface area contributed by atoms with Crippen LogP contribution in [0.5, 0.6) is 0 Å². The number of para-hydroxylation sites is 1. The molecule has 1 aromatic carbocycles. The standard InChI is InChI=1S/C10H7NO2/c12-6-8-5-7-3-1-2-4-9(7)11-10(8)13/h1-6H,(H,11,13). The molecule has 0 aliphatic rings. The van der Waals surface area contributed by atoms with Gasteiger partial charge in [0.25, 0.3) is 5.56 Å². The second-order valence-corrected chi connectivity index (χ2v) is 2.76. The zero-order chi connectivity index (χ0) is 9.26. The molecular weight excluding hydrogens is 166 g/mol. The molecule has 0 aliphatic heterocycles. The highest BCUT2D eigenvalue weighted by Crippen LogP contribution is 2.08. The van der Waals surface area contributed by atoms with E-state index in [0.29, 0.717) is 6.29 Å². The van der Waals surface area contributed by atoms with Crippen LogP contribution in [0.3, 0.4) is 0 Å². The number of hydrogen-bond donors (Lipinski definition) is 1. The van der Waals surface area contributed by atoms with Gasteiger partial charge in [0, 0.05) is 5.52 Å². The number of fused-ring (bicyclic) bond motifs is 1. The lowest BCUT2D eigenvalue weighted by molar-refractivity contribution is 0.112. The highest BCUT2D eigenvalue weighted by atomic mass is 16.1. The van der Waals surface area contributed by atoms with Crippen molar-refractivity contribution in [1.82, 2.24) is 4.98 Å². The van der Waals surface area contributed by atoms with Gasteiger partial charge in [-0.15, -0.1) is 0 Å². The maximum Gasteiger partial charge on any atom is 0.259 e. The largest absolute Gasteiger partial charge is 0.321 e. The van der Waals surface area contributed by atoms with Crippen molar-refractivity contribution in [3.63, 3.8) is 0 Å². The van der Waals surface area contributed by atoms with Gasteiger partial charge < -0.3 is 4.98 Å². The Kier molecular flexibility index (Phi) is 1.70. The molecule has 0 unspecified atom stereocenters. The fraction of sp³-hybridized carbons (Fsp3) is 0. The smallest absolute Gasteiger partial charge is 0.259 e. The number of carbonyl (C=O) groups is 1. The van der Waals surface area contributed by atoms with E-state index in [9.17, 15) is 9.59 Å². The van der Waals surface area contributed by atoms with Crippen LogP contribution in [-0.4, -0.2) is 11.3 Å². The maximum absolute atomic E-state index is 11.2. The topological polar surface area (TPSA) is 49.9 Å². The third-order valence-electron chi connectivity index (χ3n) is 1.91. The quantitative estimate of drug-likeness (QED) is 0.661. The summed E-state index contributed by atoms with van der Waals surface area (Å²) in [6.45, 7) is 0. The fourth-order valence-electron chi connectivity index (χ4n) is 1.25. The van der Waals surface area contributed by atoms with Gasteiger partial charge in [0.2, 0.25) is 0 Å². The van der Waals surface area contributed by atoms with Crippen molar-refractivity contribution in [2.45, 2.75) is 0 Å². The Hall–Kier alpha value is -1.90. The molecule has 1 N–H and O–H groups in total. The average molecular weight is 173 g/mol. The number of carbonyl (C=O) groups excluding carboxylic acids is 1. The van der Waals surface area contributed by atoms with E-state index < -0.39 is 0 Å². The number of benzene rings is 1. The molecule has 3 nitrogen and oxygen atoms in total. The average Bonchev–Trinajstić information content (AvgIpc) is 2.17. The molecule has 2 rings (SSSR count). The summed E-state index contributed by atoms with van der Waals surface area (Å²) in [7, 11) is 0. The summed E-state index contributed by atoms with van der Waals surface area (Å²) >= 11 is 0. The minimum Gasteiger partial charge on any atom is -0.321 e. The minimum absolute atomic E-state index is 0.165. The molecule has 0 aliphatic carbocycles. The molecule has 0 fully saturated rings. The summed E-state index contributed by atoms with van der Waals surface area (Å²) in [5.74, 6) is 0. The first-order valence-corrected chi connectivity index (χ1v) is 3.88. The van der Waals surface area contributed by atoms with Crippen LogP contribution in [0.15, 0.2) is 35.1 Å². The van der Waals surface area contributed by atoms with Gasteiger partial charge >= 0.3 is 0 Å². The van der Waals surface area contributed by atoms with Crippen molar-refractivity contribution in [2.75, 3.05) is 0 Å². The van der Waals surface area contributed by atoms with Gasteiger partial charge in [-0.05, 0) is 17.5 Å². The molecule has 0 atom stereocenters. The molecular formula is C10H7NO2. The van der Waals surface area contributed by atoms with E-state index in [1.165, 1.54) is 0 Å². The Balaban J connectivity index is 2.89. The number of rotatable bonds is 1. The summed E-state index contributed by atoms with van der Waals surface area (Å²) in [5.41, 5.74) is 0.575. The monoisotopic (exact) mass is 173 g/mol. The number of aromatic amines is 1. The lowest BCUT2D eigenvalue weighted by Crippen LogP contribution is -2.10. The van der Waals surface area contributed by atoms with Crippen molar-refractivity contribution in [2.24, 2.45) is 0 Å². The Morgan fingerprint density at radius 3 is 2.77 bits per heavy atom. The third kappa shape index (κ3) is 1.24. The second kappa shape index (κ2) is 2.86. The lowest BCUT2D eigenvalue weighted by Gasteiger charge is -1.96. The molecule has 0 saturated carbocycles. The van der Waals surface area contributed by atoms with E-state index in [1.807, 2.05) is 18.2 Å². The maximum atomic E-state index is 11.2. The van der Waals surface area contributed by atoms with Crippen LogP contribution < -0.4 is 5.56 Å². The molecule has 64 valence electrons. The van der Waals surface area contributed by atoms with Crippen molar-refractivity contribution < 1.29 is 4.79 Å². The third-order valence-corrected chi connectivity index (χ3v) is 1.91. The predicted molar refractivity (Wildman–Crippen MR) is 50.0 cm³/mol. The summed E-state index contributed by atoms with van der Waals surface area (Å²) in [4.78, 5) is 24.3. The Labute approximate surface area is 74.0 Å². The van der Waals surface area contributed by atoms with E-state index >= 15 is 0 Å². The van der Waals surface area contributed by atoms with Gasteiger partial charge in [0.15, 0.2) is 6.29 Å². The molecule has 13 heavy (non-hydrogen) atoms. The molecule has 0 bridgehead atoms. The molecule has 0 spiro atoms. The van der Waals surface area contributed by atoms with Crippen molar-refractivity contribution in [3.05, 3.63) is 46.2 Å². The normalized spacial score (nSPS) is 10.2. The van der Waals surface area contributed by atoms with Crippen LogP contribution in [0.25, 0.3) is 10.9 Å². The molecule has 3 heteroatoms. The van der Waals surface area contributed by atoms with Gasteiger partial charge in [0.1, 0.15) is 0 Å². The zero-order valence-corrected chi connectivity index (χ0v) is 6.78. The van der Waals surface area contributed by atoms with Crippen molar-refractivity contribution >= 4 is 17.2 Å². The van der Waals surface area contributed by atoms with Crippen LogP contribution >= 0.6 is 0 Å². The Bertz CT molecular complexity index is 514. The molecule has 0 amide bonds. The lowest BCUT2D eigenvalue weighted by atomic mass is 10.2. The molecule has 2 aromatic rings. The number of pyridine rings is 1. The number of H-pyrrole nitrogens is 1. The number of aldehydes is 1. The Morgan fingerprint density at radius 2 is 2.00 bits per heavy atom. The molecule has 1 heterocycles. The number of nitrogens with one attached hydrogen (secondary N) is 1. The van der Waals surface area contributed by atoms with E-state index in [4.69, 9.17) is 0 Å². The highest BCUT2D eigenvalue weighted by molar-refractivity contribution is 5.85. The number of aromatic nitrogens is 1. The van der Waals surface area contributed by atoms with Crippen LogP contribution in [0.4, 0.5) is 0 Å². The van der Waals surface area contributed by atoms with Crippen molar-refractivity contribution in [3.8, 4) is 0 Å². The first-order valence-electron chi connectivity index (χ1n) is 3.88. The second-order valence-electron chi connectivity index (χ2n) is 2.76. The Morgan fingerprint density at radius 1 is 1.23 bits per heavy atom. The van der Waals surface area contributed by atoms with Crippen LogP contribution in [0.1, 0.15) is 10.4 Å². The summed E-state index contributed by atoms with van der Waals surface area (Å²) in [5, 5.41) is 0.865. The summed E-state index contributed by atoms with van der Waals surface area (Å²) < 4.78 is 0. The first kappa shape index (κ1) is 7.73. The van der Waals surface area contributed by atoms with E-state index in [-0.39, 0.29) is 11.1 Å². The molecule has 0 saturated heterocycles. The van der Waals surface area contributed by atoms with Crippen LogP contribution in [0, 0.1) is 0 Å². The first-order chi connectivity index (χ1) is 6.31. The fourth-order valence-corrected chi connectivity index (χ4v) is 1.25. The summed E-state index contributed by atoms with van der Waals surface area (Å²) in [6, 6.07) is 8.92. The van der Waals surface area contributed by atoms with Crippen molar-refractivity contribution in [1.29, 1.82) is 0 Å². The van der Waals surface area contributed by atoms with Gasteiger partial charge in [-0.2, -0.15) is 0 Å².